The predicted octanol–water partition coefficient (Wildman–Crippen LogP) is 3.75. The number of hydrogen-bond acceptors (Lipinski definition) is 3. The second-order valence-electron chi connectivity index (χ2n) is 4.86. The van der Waals surface area contributed by atoms with Gasteiger partial charge in [0.15, 0.2) is 0 Å². The Morgan fingerprint density at radius 1 is 1.29 bits per heavy atom. The molecule has 2 aromatic rings. The fourth-order valence-electron chi connectivity index (χ4n) is 2.26. The minimum Gasteiger partial charge on any atom is -0.469 e. The highest BCUT2D eigenvalue weighted by molar-refractivity contribution is 6.30. The lowest BCUT2D eigenvalue weighted by Crippen LogP contribution is -2.37. The van der Waals surface area contributed by atoms with E-state index in [9.17, 15) is 4.79 Å². The molecule has 1 amide bonds. The third-order valence-electron chi connectivity index (χ3n) is 3.37. The number of ether oxygens (including phenoxy) is 1. The van der Waals surface area contributed by atoms with Crippen molar-refractivity contribution in [2.75, 3.05) is 7.11 Å². The second kappa shape index (κ2) is 6.78. The number of hydrogen-bond donors (Lipinski definition) is 1. The van der Waals surface area contributed by atoms with E-state index in [0.717, 1.165) is 5.56 Å². The number of carbonyl (C=O) groups excluding carboxylic acids is 1. The first-order chi connectivity index (χ1) is 10.0. The average Bonchev–Trinajstić information content (AvgIpc) is 2.88. The van der Waals surface area contributed by atoms with Crippen molar-refractivity contribution >= 4 is 17.5 Å². The summed E-state index contributed by atoms with van der Waals surface area (Å²) in [5, 5.41) is 3.60. The summed E-state index contributed by atoms with van der Waals surface area (Å²) < 4.78 is 10.7. The summed E-state index contributed by atoms with van der Waals surface area (Å²) in [5.74, 6) is 0.421. The highest BCUT2D eigenvalue weighted by atomic mass is 35.5. The third-order valence-corrected chi connectivity index (χ3v) is 3.62. The van der Waals surface area contributed by atoms with E-state index < -0.39 is 0 Å². The first-order valence-electron chi connectivity index (χ1n) is 6.66. The van der Waals surface area contributed by atoms with E-state index in [4.69, 9.17) is 20.8 Å². The zero-order chi connectivity index (χ0) is 15.4. The maximum absolute atomic E-state index is 12.2. The van der Waals surface area contributed by atoms with Crippen molar-refractivity contribution in [2.24, 2.45) is 0 Å². The van der Waals surface area contributed by atoms with Gasteiger partial charge in [-0.15, -0.1) is 0 Å². The molecule has 0 aliphatic carbocycles. The molecule has 5 heteroatoms. The number of rotatable bonds is 5. The van der Waals surface area contributed by atoms with Crippen LogP contribution in [0, 0.1) is 6.92 Å². The van der Waals surface area contributed by atoms with Crippen LogP contribution < -0.4 is 5.32 Å². The van der Waals surface area contributed by atoms with Crippen LogP contribution in [0.25, 0.3) is 0 Å². The van der Waals surface area contributed by atoms with Gasteiger partial charge in [-0.3, -0.25) is 4.79 Å². The average molecular weight is 308 g/mol. The Morgan fingerprint density at radius 3 is 2.48 bits per heavy atom. The van der Waals surface area contributed by atoms with E-state index in [1.807, 2.05) is 19.1 Å². The van der Waals surface area contributed by atoms with Gasteiger partial charge in [-0.1, -0.05) is 23.7 Å². The van der Waals surface area contributed by atoms with Gasteiger partial charge in [0.2, 0.25) is 0 Å². The third kappa shape index (κ3) is 3.65. The quantitative estimate of drug-likeness (QED) is 0.915. The number of methoxy groups -OCH3 is 1. The fourth-order valence-corrected chi connectivity index (χ4v) is 2.39. The van der Waals surface area contributed by atoms with Crippen LogP contribution in [0.3, 0.4) is 0 Å². The number of nitrogens with one attached hydrogen (secondary N) is 1. The molecular formula is C16H18ClNO3. The molecular weight excluding hydrogens is 290 g/mol. The van der Waals surface area contributed by atoms with Crippen molar-refractivity contribution in [3.05, 3.63) is 58.5 Å². The molecule has 0 fully saturated rings. The monoisotopic (exact) mass is 307 g/mol. The molecule has 0 aliphatic heterocycles. The van der Waals surface area contributed by atoms with Crippen molar-refractivity contribution < 1.29 is 13.9 Å². The maximum Gasteiger partial charge on any atom is 0.255 e. The SMILES string of the molecule is CO[C@H](c1ccc(Cl)cc1)[C@@H](C)NC(=O)c1ccoc1C. The number of halogens is 1. The van der Waals surface area contributed by atoms with Gasteiger partial charge in [-0.25, -0.2) is 0 Å². The summed E-state index contributed by atoms with van der Waals surface area (Å²) >= 11 is 5.89. The smallest absolute Gasteiger partial charge is 0.255 e. The number of amides is 1. The summed E-state index contributed by atoms with van der Waals surface area (Å²) in [6.45, 7) is 3.66. The molecule has 2 atom stereocenters. The van der Waals surface area contributed by atoms with Crippen molar-refractivity contribution in [2.45, 2.75) is 26.0 Å². The number of furan rings is 1. The van der Waals surface area contributed by atoms with Crippen molar-refractivity contribution in [1.82, 2.24) is 5.32 Å². The molecule has 21 heavy (non-hydrogen) atoms. The molecule has 0 unspecified atom stereocenters. The van der Waals surface area contributed by atoms with E-state index >= 15 is 0 Å². The zero-order valence-corrected chi connectivity index (χ0v) is 13.0. The molecule has 1 aromatic carbocycles. The van der Waals surface area contributed by atoms with Crippen LogP contribution in [-0.2, 0) is 4.74 Å². The van der Waals surface area contributed by atoms with Gasteiger partial charge in [-0.05, 0) is 37.6 Å². The Balaban J connectivity index is 2.10. The summed E-state index contributed by atoms with van der Waals surface area (Å²) in [7, 11) is 1.62. The Bertz CT molecular complexity index is 606. The molecule has 1 heterocycles. The lowest BCUT2D eigenvalue weighted by molar-refractivity contribution is 0.0644. The normalized spacial score (nSPS) is 13.7. The number of carbonyl (C=O) groups is 1. The van der Waals surface area contributed by atoms with Crippen LogP contribution >= 0.6 is 11.6 Å². The first-order valence-corrected chi connectivity index (χ1v) is 7.04. The van der Waals surface area contributed by atoms with Gasteiger partial charge in [0.25, 0.3) is 5.91 Å². The van der Waals surface area contributed by atoms with Gasteiger partial charge in [0, 0.05) is 12.1 Å². The zero-order valence-electron chi connectivity index (χ0n) is 12.2. The second-order valence-corrected chi connectivity index (χ2v) is 5.30. The minimum atomic E-state index is -0.251. The van der Waals surface area contributed by atoms with Crippen LogP contribution in [0.4, 0.5) is 0 Å². The Kier molecular flexibility index (Phi) is 5.04. The van der Waals surface area contributed by atoms with Gasteiger partial charge < -0.3 is 14.5 Å². The Labute approximate surface area is 129 Å². The van der Waals surface area contributed by atoms with Crippen LogP contribution in [0.15, 0.2) is 41.0 Å². The number of aryl methyl sites for hydroxylation is 1. The molecule has 0 bridgehead atoms. The predicted molar refractivity (Wildman–Crippen MR) is 81.6 cm³/mol. The van der Waals surface area contributed by atoms with E-state index in [1.54, 1.807) is 32.2 Å². The summed E-state index contributed by atoms with van der Waals surface area (Å²) in [5.41, 5.74) is 1.49. The highest BCUT2D eigenvalue weighted by Crippen LogP contribution is 2.23. The van der Waals surface area contributed by atoms with Gasteiger partial charge in [0.05, 0.1) is 17.9 Å². The van der Waals surface area contributed by atoms with Crippen molar-refractivity contribution in [1.29, 1.82) is 0 Å². The molecule has 4 nitrogen and oxygen atoms in total. The first kappa shape index (κ1) is 15.6. The Morgan fingerprint density at radius 2 is 1.95 bits per heavy atom. The van der Waals surface area contributed by atoms with Crippen molar-refractivity contribution in [3.8, 4) is 0 Å². The van der Waals surface area contributed by atoms with Crippen LogP contribution in [0.2, 0.25) is 5.02 Å². The topological polar surface area (TPSA) is 51.5 Å². The van der Waals surface area contributed by atoms with E-state index in [-0.39, 0.29) is 18.1 Å². The minimum absolute atomic E-state index is 0.176. The number of benzene rings is 1. The molecule has 0 saturated carbocycles. The Hall–Kier alpha value is -1.78. The van der Waals surface area contributed by atoms with E-state index in [1.165, 1.54) is 6.26 Å². The summed E-state index contributed by atoms with van der Waals surface area (Å²) in [6.07, 6.45) is 1.25. The molecule has 112 valence electrons. The maximum atomic E-state index is 12.2. The van der Waals surface area contributed by atoms with Gasteiger partial charge in [-0.2, -0.15) is 0 Å². The molecule has 0 saturated heterocycles. The van der Waals surface area contributed by atoms with Gasteiger partial charge >= 0.3 is 0 Å². The van der Waals surface area contributed by atoms with Crippen LogP contribution in [-0.4, -0.2) is 19.1 Å². The molecule has 2 rings (SSSR count). The van der Waals surface area contributed by atoms with E-state index in [0.29, 0.717) is 16.3 Å². The van der Waals surface area contributed by atoms with Crippen LogP contribution in [0.5, 0.6) is 0 Å². The van der Waals surface area contributed by atoms with Gasteiger partial charge in [0.1, 0.15) is 11.9 Å². The van der Waals surface area contributed by atoms with Crippen LogP contribution in [0.1, 0.15) is 34.7 Å². The lowest BCUT2D eigenvalue weighted by Gasteiger charge is -2.24. The highest BCUT2D eigenvalue weighted by Gasteiger charge is 2.22. The fraction of sp³-hybridized carbons (Fsp3) is 0.312. The lowest BCUT2D eigenvalue weighted by atomic mass is 10.0. The largest absolute Gasteiger partial charge is 0.469 e. The summed E-state index contributed by atoms with van der Waals surface area (Å²) in [4.78, 5) is 12.2. The molecule has 0 spiro atoms. The molecule has 1 N–H and O–H groups in total. The molecule has 0 radical (unpaired) electrons. The standard InChI is InChI=1S/C16H18ClNO3/c1-10(18-16(19)14-8-9-21-11(14)2)15(20-3)12-4-6-13(17)7-5-12/h4-10,15H,1-3H3,(H,18,19)/t10-,15+/m1/s1. The molecule has 0 aliphatic rings. The van der Waals surface area contributed by atoms with Crippen molar-refractivity contribution in [3.63, 3.8) is 0 Å². The summed E-state index contributed by atoms with van der Waals surface area (Å²) in [6, 6.07) is 8.85. The molecule has 1 aromatic heterocycles. The van der Waals surface area contributed by atoms with E-state index in [2.05, 4.69) is 5.32 Å².